The molecule has 1 aromatic heterocycles. The average molecular weight is 555 g/mol. The third-order valence-corrected chi connectivity index (χ3v) is 6.53. The minimum absolute atomic E-state index is 0.0380. The SMILES string of the molecule is C=CC(=O)Nc1cccc(Nc2nc(NC3=C(OC)C[C@H](C4=CCN(C(C)=O)CC4)C=C3)ncc2C(F)(F)F)c1. The van der Waals surface area contributed by atoms with Crippen molar-refractivity contribution in [2.24, 2.45) is 5.92 Å². The van der Waals surface area contributed by atoms with Gasteiger partial charge in [-0.15, -0.1) is 0 Å². The van der Waals surface area contributed by atoms with Gasteiger partial charge in [-0.05, 0) is 36.8 Å². The molecule has 0 radical (unpaired) electrons. The van der Waals surface area contributed by atoms with Gasteiger partial charge >= 0.3 is 6.18 Å². The number of benzene rings is 1. The number of ether oxygens (including phenoxy) is 1. The second-order valence-electron chi connectivity index (χ2n) is 9.18. The summed E-state index contributed by atoms with van der Waals surface area (Å²) in [6.45, 7) is 6.15. The number of nitrogens with one attached hydrogen (secondary N) is 3. The molecule has 1 aliphatic heterocycles. The topological polar surface area (TPSA) is 108 Å². The highest BCUT2D eigenvalue weighted by Crippen LogP contribution is 2.36. The van der Waals surface area contributed by atoms with Gasteiger partial charge in [0, 0.05) is 49.9 Å². The number of carbonyl (C=O) groups excluding carboxylic acids is 2. The lowest BCUT2D eigenvalue weighted by Crippen LogP contribution is -2.34. The second-order valence-corrected chi connectivity index (χ2v) is 9.18. The number of allylic oxidation sites excluding steroid dienone is 3. The zero-order chi connectivity index (χ0) is 28.9. The summed E-state index contributed by atoms with van der Waals surface area (Å²) in [7, 11) is 1.53. The standard InChI is InChI=1S/C28H29F3N6O3/c1-4-25(39)33-20-6-5-7-21(15-20)34-26-22(28(29,30)31)16-32-27(36-26)35-23-9-8-19(14-24(23)40-3)18-10-12-37(13-11-18)17(2)38/h4-10,15-16,19H,1,11-14H2,2-3H3,(H,33,39)(H2,32,34,35,36)/t19-/m1/s1. The van der Waals surface area contributed by atoms with Gasteiger partial charge in [0.05, 0.1) is 12.8 Å². The molecule has 4 rings (SSSR count). The van der Waals surface area contributed by atoms with Crippen molar-refractivity contribution in [1.82, 2.24) is 14.9 Å². The number of alkyl halides is 3. The summed E-state index contributed by atoms with van der Waals surface area (Å²) in [6, 6.07) is 6.19. The normalized spacial score (nSPS) is 17.2. The molecule has 12 heteroatoms. The van der Waals surface area contributed by atoms with Crippen LogP contribution < -0.4 is 16.0 Å². The third-order valence-electron chi connectivity index (χ3n) is 6.53. The summed E-state index contributed by atoms with van der Waals surface area (Å²) in [5.41, 5.74) is 1.32. The first-order valence-electron chi connectivity index (χ1n) is 12.5. The molecule has 0 saturated carbocycles. The lowest BCUT2D eigenvalue weighted by atomic mass is 9.87. The van der Waals surface area contributed by atoms with Crippen LogP contribution in [0.4, 0.5) is 36.3 Å². The van der Waals surface area contributed by atoms with Gasteiger partial charge in [-0.2, -0.15) is 18.2 Å². The molecule has 2 aromatic rings. The zero-order valence-electron chi connectivity index (χ0n) is 22.0. The molecule has 2 aliphatic rings. The van der Waals surface area contributed by atoms with Crippen molar-refractivity contribution in [3.05, 3.63) is 83.9 Å². The largest absolute Gasteiger partial charge is 0.499 e. The van der Waals surface area contributed by atoms with E-state index in [0.29, 0.717) is 42.9 Å². The van der Waals surface area contributed by atoms with Crippen molar-refractivity contribution < 1.29 is 27.5 Å². The molecule has 2 heterocycles. The molecule has 1 atom stereocenters. The van der Waals surface area contributed by atoms with Gasteiger partial charge in [0.15, 0.2) is 0 Å². The van der Waals surface area contributed by atoms with Crippen LogP contribution in [0, 0.1) is 5.92 Å². The Hall–Kier alpha value is -4.61. The van der Waals surface area contributed by atoms with Gasteiger partial charge in [0.25, 0.3) is 0 Å². The number of anilines is 4. The summed E-state index contributed by atoms with van der Waals surface area (Å²) < 4.78 is 46.9. The van der Waals surface area contributed by atoms with Crippen molar-refractivity contribution in [1.29, 1.82) is 0 Å². The highest BCUT2D eigenvalue weighted by atomic mass is 19.4. The Morgan fingerprint density at radius 1 is 1.23 bits per heavy atom. The molecule has 0 bridgehead atoms. The molecule has 210 valence electrons. The first-order chi connectivity index (χ1) is 19.1. The van der Waals surface area contributed by atoms with E-state index in [0.717, 1.165) is 12.5 Å². The van der Waals surface area contributed by atoms with E-state index >= 15 is 0 Å². The van der Waals surface area contributed by atoms with Crippen LogP contribution in [-0.2, 0) is 20.5 Å². The van der Waals surface area contributed by atoms with Gasteiger partial charge in [0.1, 0.15) is 17.1 Å². The van der Waals surface area contributed by atoms with Gasteiger partial charge < -0.3 is 25.6 Å². The Labute approximate surface area is 229 Å². The van der Waals surface area contributed by atoms with Crippen molar-refractivity contribution in [3.8, 4) is 0 Å². The Kier molecular flexibility index (Phi) is 8.56. The van der Waals surface area contributed by atoms with Crippen LogP contribution in [-0.4, -0.2) is 46.9 Å². The van der Waals surface area contributed by atoms with Crippen LogP contribution in [0.15, 0.2) is 78.4 Å². The Balaban J connectivity index is 1.55. The molecular formula is C28H29F3N6O3. The highest BCUT2D eigenvalue weighted by molar-refractivity contribution is 5.99. The number of nitrogens with zero attached hydrogens (tertiary/aromatic N) is 3. The summed E-state index contributed by atoms with van der Waals surface area (Å²) in [4.78, 5) is 33.0. The maximum Gasteiger partial charge on any atom is 0.421 e. The molecule has 40 heavy (non-hydrogen) atoms. The summed E-state index contributed by atoms with van der Waals surface area (Å²) >= 11 is 0. The fourth-order valence-electron chi connectivity index (χ4n) is 4.42. The van der Waals surface area contributed by atoms with E-state index in [1.165, 1.54) is 18.7 Å². The van der Waals surface area contributed by atoms with Crippen LogP contribution in [0.1, 0.15) is 25.3 Å². The molecule has 1 aliphatic carbocycles. The summed E-state index contributed by atoms with van der Waals surface area (Å²) in [6.07, 6.45) is 4.22. The number of hydrogen-bond donors (Lipinski definition) is 3. The van der Waals surface area contributed by atoms with Crippen molar-refractivity contribution in [2.75, 3.05) is 36.1 Å². The number of hydrogen-bond acceptors (Lipinski definition) is 7. The van der Waals surface area contributed by atoms with E-state index in [1.807, 2.05) is 6.08 Å². The highest BCUT2D eigenvalue weighted by Gasteiger charge is 2.35. The van der Waals surface area contributed by atoms with Crippen molar-refractivity contribution >= 4 is 35.0 Å². The van der Waals surface area contributed by atoms with Gasteiger partial charge in [-0.1, -0.05) is 30.4 Å². The fraction of sp³-hybridized carbons (Fsp3) is 0.286. The zero-order valence-corrected chi connectivity index (χ0v) is 22.0. The van der Waals surface area contributed by atoms with E-state index in [9.17, 15) is 22.8 Å². The Bertz CT molecular complexity index is 1400. The molecular weight excluding hydrogens is 525 g/mol. The number of carbonyl (C=O) groups is 2. The minimum atomic E-state index is -4.71. The van der Waals surface area contributed by atoms with E-state index in [1.54, 1.807) is 36.1 Å². The van der Waals surface area contributed by atoms with Gasteiger partial charge in [0.2, 0.25) is 17.8 Å². The van der Waals surface area contributed by atoms with Crippen LogP contribution in [0.3, 0.4) is 0 Å². The smallest absolute Gasteiger partial charge is 0.421 e. The molecule has 1 aromatic carbocycles. The molecule has 0 unspecified atom stereocenters. The number of methoxy groups -OCH3 is 1. The summed E-state index contributed by atoms with van der Waals surface area (Å²) in [5, 5.41) is 8.22. The van der Waals surface area contributed by atoms with E-state index in [-0.39, 0.29) is 23.5 Å². The molecule has 3 N–H and O–H groups in total. The monoisotopic (exact) mass is 554 g/mol. The van der Waals surface area contributed by atoms with Crippen molar-refractivity contribution in [2.45, 2.75) is 25.9 Å². The lowest BCUT2D eigenvalue weighted by Gasteiger charge is -2.30. The van der Waals surface area contributed by atoms with Crippen LogP contribution in [0.5, 0.6) is 0 Å². The quantitative estimate of drug-likeness (QED) is 0.297. The number of amides is 2. The average Bonchev–Trinajstić information content (AvgIpc) is 2.93. The maximum absolute atomic E-state index is 13.8. The third kappa shape index (κ3) is 6.87. The van der Waals surface area contributed by atoms with Gasteiger partial charge in [-0.25, -0.2) is 4.98 Å². The summed E-state index contributed by atoms with van der Waals surface area (Å²) in [5.74, 6) is -0.258. The lowest BCUT2D eigenvalue weighted by molar-refractivity contribution is -0.137. The van der Waals surface area contributed by atoms with Crippen LogP contribution >= 0.6 is 0 Å². The number of rotatable bonds is 8. The molecule has 0 spiro atoms. The Morgan fingerprint density at radius 2 is 2.00 bits per heavy atom. The van der Waals surface area contributed by atoms with E-state index < -0.39 is 23.5 Å². The first-order valence-corrected chi connectivity index (χ1v) is 12.5. The number of aromatic nitrogens is 2. The van der Waals surface area contributed by atoms with Crippen LogP contribution in [0.2, 0.25) is 0 Å². The van der Waals surface area contributed by atoms with E-state index in [4.69, 9.17) is 4.74 Å². The van der Waals surface area contributed by atoms with E-state index in [2.05, 4.69) is 38.6 Å². The van der Waals surface area contributed by atoms with Gasteiger partial charge in [-0.3, -0.25) is 9.59 Å². The minimum Gasteiger partial charge on any atom is -0.499 e. The number of halogens is 3. The van der Waals surface area contributed by atoms with Crippen molar-refractivity contribution in [3.63, 3.8) is 0 Å². The molecule has 0 fully saturated rings. The predicted molar refractivity (Wildman–Crippen MR) is 145 cm³/mol. The first kappa shape index (κ1) is 28.4. The predicted octanol–water partition coefficient (Wildman–Crippen LogP) is 5.39. The fourth-order valence-corrected chi connectivity index (χ4v) is 4.42. The molecule has 0 saturated heterocycles. The molecule has 2 amide bonds. The maximum atomic E-state index is 13.8. The Morgan fingerprint density at radius 3 is 2.65 bits per heavy atom. The molecule has 9 nitrogen and oxygen atoms in total. The van der Waals surface area contributed by atoms with Crippen LogP contribution in [0.25, 0.3) is 0 Å². The second kappa shape index (κ2) is 12.1.